The van der Waals surface area contributed by atoms with Gasteiger partial charge in [-0.1, -0.05) is 108 Å². The second-order valence-corrected chi connectivity index (χ2v) is 9.09. The Balaban J connectivity index is 0.000000271. The molecule has 1 aliphatic carbocycles. The second kappa shape index (κ2) is 9.15. The topological polar surface area (TPSA) is 40.5 Å². The number of phenolic OH excluding ortho intramolecular Hbond substituents is 2. The maximum Gasteiger partial charge on any atom is 0.115 e. The molecular weight excluding hydrogens is 428 g/mol. The van der Waals surface area contributed by atoms with Crippen molar-refractivity contribution in [3.05, 3.63) is 155 Å². The highest BCUT2D eigenvalue weighted by Crippen LogP contribution is 2.55. The Hall–Kier alpha value is -4.30. The Morgan fingerprint density at radius 1 is 0.429 bits per heavy atom. The van der Waals surface area contributed by atoms with Crippen molar-refractivity contribution in [1.82, 2.24) is 0 Å². The summed E-state index contributed by atoms with van der Waals surface area (Å²) < 4.78 is 0. The number of rotatable bonds is 2. The molecule has 0 amide bonds. The average molecular weight is 457 g/mol. The molecule has 5 aromatic carbocycles. The molecule has 2 N–H and O–H groups in total. The van der Waals surface area contributed by atoms with Crippen LogP contribution in [0.5, 0.6) is 11.5 Å². The summed E-state index contributed by atoms with van der Waals surface area (Å²) in [6, 6.07) is 41.0. The van der Waals surface area contributed by atoms with Gasteiger partial charge in [-0.3, -0.25) is 0 Å². The van der Waals surface area contributed by atoms with Crippen LogP contribution in [0.2, 0.25) is 0 Å². The minimum Gasteiger partial charge on any atom is -0.508 e. The van der Waals surface area contributed by atoms with Crippen LogP contribution in [0.1, 0.15) is 33.4 Å². The smallest absolute Gasteiger partial charge is 0.115 e. The van der Waals surface area contributed by atoms with Gasteiger partial charge in [0.1, 0.15) is 11.5 Å². The van der Waals surface area contributed by atoms with Gasteiger partial charge in [0.2, 0.25) is 0 Å². The summed E-state index contributed by atoms with van der Waals surface area (Å²) in [5.74, 6) is 0.618. The molecule has 5 aromatic rings. The largest absolute Gasteiger partial charge is 0.508 e. The first kappa shape index (κ1) is 22.5. The van der Waals surface area contributed by atoms with E-state index in [2.05, 4.69) is 79.7 Å². The van der Waals surface area contributed by atoms with Crippen LogP contribution in [0.25, 0.3) is 11.1 Å². The standard InChI is InChI=1S/C26H20O.C7H8O/c1-18-10-12-19(13-11-18)26(20-14-16-21(27)17-15-20)24-8-4-2-6-22(24)23-7-3-5-9-25(23)26;1-6-2-4-7(8)5-3-6/h2-17,27H,1H3;2-5,8H,1H3. The van der Waals surface area contributed by atoms with Gasteiger partial charge in [-0.05, 0) is 71.5 Å². The van der Waals surface area contributed by atoms with Gasteiger partial charge in [-0.25, -0.2) is 0 Å². The molecule has 0 saturated carbocycles. The first-order chi connectivity index (χ1) is 17.0. The fourth-order valence-corrected chi connectivity index (χ4v) is 5.08. The molecule has 0 heterocycles. The third-order valence-electron chi connectivity index (χ3n) is 6.77. The molecule has 2 heteroatoms. The Bertz CT molecular complexity index is 1330. The molecule has 6 rings (SSSR count). The van der Waals surface area contributed by atoms with Gasteiger partial charge in [0.15, 0.2) is 0 Å². The van der Waals surface area contributed by atoms with Crippen LogP contribution >= 0.6 is 0 Å². The zero-order chi connectivity index (χ0) is 24.4. The molecule has 0 bridgehead atoms. The molecule has 0 aromatic heterocycles. The first-order valence-corrected chi connectivity index (χ1v) is 11.8. The minimum absolute atomic E-state index is 0.289. The van der Waals surface area contributed by atoms with E-state index in [4.69, 9.17) is 5.11 Å². The van der Waals surface area contributed by atoms with E-state index in [0.717, 1.165) is 0 Å². The number of hydrogen-bond donors (Lipinski definition) is 2. The van der Waals surface area contributed by atoms with Crippen LogP contribution in [0, 0.1) is 13.8 Å². The number of aromatic hydroxyl groups is 2. The van der Waals surface area contributed by atoms with Crippen molar-refractivity contribution in [3.63, 3.8) is 0 Å². The van der Waals surface area contributed by atoms with Gasteiger partial charge in [-0.15, -0.1) is 0 Å². The van der Waals surface area contributed by atoms with Crippen molar-refractivity contribution in [2.75, 3.05) is 0 Å². The number of benzene rings is 5. The lowest BCUT2D eigenvalue weighted by Crippen LogP contribution is -2.28. The molecular formula is C33H28O2. The number of fused-ring (bicyclic) bond motifs is 3. The van der Waals surface area contributed by atoms with Gasteiger partial charge < -0.3 is 10.2 Å². The van der Waals surface area contributed by atoms with Crippen LogP contribution < -0.4 is 0 Å². The van der Waals surface area contributed by atoms with Crippen molar-refractivity contribution in [1.29, 1.82) is 0 Å². The quantitative estimate of drug-likeness (QED) is 0.279. The highest BCUT2D eigenvalue weighted by Gasteiger charge is 2.45. The zero-order valence-corrected chi connectivity index (χ0v) is 19.9. The summed E-state index contributed by atoms with van der Waals surface area (Å²) in [4.78, 5) is 0. The van der Waals surface area contributed by atoms with Crippen molar-refractivity contribution in [2.24, 2.45) is 0 Å². The summed E-state index contributed by atoms with van der Waals surface area (Å²) in [6.45, 7) is 4.10. The van der Waals surface area contributed by atoms with Crippen molar-refractivity contribution >= 4 is 0 Å². The highest BCUT2D eigenvalue weighted by molar-refractivity contribution is 5.86. The fraction of sp³-hybridized carbons (Fsp3) is 0.0909. The zero-order valence-electron chi connectivity index (χ0n) is 19.9. The lowest BCUT2D eigenvalue weighted by molar-refractivity contribution is 0.474. The van der Waals surface area contributed by atoms with Crippen LogP contribution in [-0.4, -0.2) is 10.2 Å². The summed E-state index contributed by atoms with van der Waals surface area (Å²) in [6.07, 6.45) is 0. The molecule has 0 fully saturated rings. The molecule has 2 nitrogen and oxygen atoms in total. The second-order valence-electron chi connectivity index (χ2n) is 9.09. The van der Waals surface area contributed by atoms with Gasteiger partial charge in [0.25, 0.3) is 0 Å². The van der Waals surface area contributed by atoms with Crippen molar-refractivity contribution in [2.45, 2.75) is 19.3 Å². The molecule has 0 atom stereocenters. The Morgan fingerprint density at radius 2 is 0.771 bits per heavy atom. The van der Waals surface area contributed by atoms with Crippen LogP contribution in [0.15, 0.2) is 121 Å². The van der Waals surface area contributed by atoms with E-state index in [-0.39, 0.29) is 11.2 Å². The van der Waals surface area contributed by atoms with E-state index >= 15 is 0 Å². The Morgan fingerprint density at radius 3 is 1.20 bits per heavy atom. The molecule has 0 aliphatic heterocycles. The van der Waals surface area contributed by atoms with Gasteiger partial charge in [-0.2, -0.15) is 0 Å². The van der Waals surface area contributed by atoms with Gasteiger partial charge in [0, 0.05) is 0 Å². The highest BCUT2D eigenvalue weighted by atomic mass is 16.3. The molecule has 1 aliphatic rings. The predicted molar refractivity (Wildman–Crippen MR) is 143 cm³/mol. The minimum atomic E-state index is -0.380. The van der Waals surface area contributed by atoms with E-state index in [0.29, 0.717) is 5.75 Å². The number of aryl methyl sites for hydroxylation is 2. The summed E-state index contributed by atoms with van der Waals surface area (Å²) >= 11 is 0. The van der Waals surface area contributed by atoms with Gasteiger partial charge in [0.05, 0.1) is 5.41 Å². The van der Waals surface area contributed by atoms with Crippen LogP contribution in [0.4, 0.5) is 0 Å². The molecule has 35 heavy (non-hydrogen) atoms. The van der Waals surface area contributed by atoms with E-state index in [1.807, 2.05) is 31.2 Å². The molecule has 0 unspecified atom stereocenters. The van der Waals surface area contributed by atoms with Crippen LogP contribution in [0.3, 0.4) is 0 Å². The van der Waals surface area contributed by atoms with E-state index in [1.165, 1.54) is 44.5 Å². The summed E-state index contributed by atoms with van der Waals surface area (Å²) in [5, 5.41) is 18.6. The monoisotopic (exact) mass is 456 g/mol. The first-order valence-electron chi connectivity index (χ1n) is 11.8. The maximum absolute atomic E-state index is 9.88. The van der Waals surface area contributed by atoms with Crippen LogP contribution in [-0.2, 0) is 5.41 Å². The lowest BCUT2D eigenvalue weighted by Gasteiger charge is -2.34. The SMILES string of the molecule is Cc1ccc(C2(c3ccc(O)cc3)c3ccccc3-c3ccccc32)cc1.Cc1ccc(O)cc1. The fourth-order valence-electron chi connectivity index (χ4n) is 5.08. The third kappa shape index (κ3) is 3.98. The van der Waals surface area contributed by atoms with Crippen molar-refractivity contribution < 1.29 is 10.2 Å². The van der Waals surface area contributed by atoms with E-state index < -0.39 is 0 Å². The Labute approximate surface area is 206 Å². The number of hydrogen-bond acceptors (Lipinski definition) is 2. The van der Waals surface area contributed by atoms with Gasteiger partial charge >= 0.3 is 0 Å². The summed E-state index contributed by atoms with van der Waals surface area (Å²) in [5.41, 5.74) is 9.60. The molecule has 0 spiro atoms. The predicted octanol–water partition coefficient (Wildman–Crippen LogP) is 7.76. The van der Waals surface area contributed by atoms with E-state index in [9.17, 15) is 5.11 Å². The average Bonchev–Trinajstić information content (AvgIpc) is 3.19. The maximum atomic E-state index is 9.88. The number of phenols is 2. The normalized spacial score (nSPS) is 12.7. The third-order valence-corrected chi connectivity index (χ3v) is 6.77. The summed E-state index contributed by atoms with van der Waals surface area (Å²) in [7, 11) is 0. The van der Waals surface area contributed by atoms with Crippen molar-refractivity contribution in [3.8, 4) is 22.6 Å². The Kier molecular flexibility index (Phi) is 5.88. The molecule has 0 radical (unpaired) electrons. The lowest BCUT2D eigenvalue weighted by atomic mass is 9.67. The molecule has 0 saturated heterocycles. The van der Waals surface area contributed by atoms with E-state index in [1.54, 1.807) is 24.3 Å². The molecule has 172 valence electrons.